The zero-order valence-corrected chi connectivity index (χ0v) is 14.0. The second kappa shape index (κ2) is 6.03. The van der Waals surface area contributed by atoms with Gasteiger partial charge >= 0.3 is 0 Å². The van der Waals surface area contributed by atoms with Crippen LogP contribution in [0.2, 0.25) is 5.02 Å². The number of hydrogen-bond acceptors (Lipinski definition) is 5. The third-order valence-corrected chi connectivity index (χ3v) is 4.77. The van der Waals surface area contributed by atoms with Crippen molar-refractivity contribution in [2.45, 2.75) is 19.9 Å². The van der Waals surface area contributed by atoms with E-state index in [2.05, 4.69) is 21.4 Å². The first-order valence-electron chi connectivity index (χ1n) is 6.94. The Morgan fingerprint density at radius 3 is 2.91 bits per heavy atom. The van der Waals surface area contributed by atoms with E-state index in [9.17, 15) is 4.79 Å². The topological polar surface area (TPSA) is 81.6 Å². The molecule has 0 unspecified atom stereocenters. The minimum Gasteiger partial charge on any atom is -0.355 e. The summed E-state index contributed by atoms with van der Waals surface area (Å²) in [7, 11) is 0. The molecule has 3 aromatic rings. The summed E-state index contributed by atoms with van der Waals surface area (Å²) in [6, 6.07) is 9.01. The molecule has 0 aliphatic carbocycles. The lowest BCUT2D eigenvalue weighted by atomic mass is 10.1. The Balaban J connectivity index is 1.96. The number of aromatic nitrogens is 2. The van der Waals surface area contributed by atoms with Gasteiger partial charge in [0, 0.05) is 21.5 Å². The van der Waals surface area contributed by atoms with Gasteiger partial charge in [0.05, 0.1) is 11.7 Å². The molecule has 0 bridgehead atoms. The van der Waals surface area contributed by atoms with Gasteiger partial charge in [0.1, 0.15) is 10.9 Å². The number of benzene rings is 1. The number of nitrogens with zero attached hydrogens (tertiary/aromatic N) is 2. The maximum atomic E-state index is 12.3. The van der Waals surface area contributed by atoms with Crippen LogP contribution in [0.4, 0.5) is 5.13 Å². The molecule has 5 nitrogen and oxygen atoms in total. The molecule has 0 amide bonds. The third kappa shape index (κ3) is 3.07. The Morgan fingerprint density at radius 1 is 1.43 bits per heavy atom. The Bertz CT molecular complexity index is 986. The molecule has 2 heterocycles. The summed E-state index contributed by atoms with van der Waals surface area (Å²) in [5, 5.41) is 14.3. The molecule has 0 aliphatic rings. The van der Waals surface area contributed by atoms with Crippen molar-refractivity contribution in [3.05, 3.63) is 55.8 Å². The second-order valence-electron chi connectivity index (χ2n) is 5.20. The predicted octanol–water partition coefficient (Wildman–Crippen LogP) is 3.99. The largest absolute Gasteiger partial charge is 0.355 e. The van der Waals surface area contributed by atoms with Crippen LogP contribution < -0.4 is 10.9 Å². The predicted molar refractivity (Wildman–Crippen MR) is 93.2 cm³/mol. The number of anilines is 1. The molecule has 0 fully saturated rings. The van der Waals surface area contributed by atoms with Gasteiger partial charge in [-0.05, 0) is 38.1 Å². The lowest BCUT2D eigenvalue weighted by Gasteiger charge is -2.13. The van der Waals surface area contributed by atoms with Crippen LogP contribution in [0.1, 0.15) is 29.1 Å². The summed E-state index contributed by atoms with van der Waals surface area (Å²) in [4.78, 5) is 20.0. The van der Waals surface area contributed by atoms with Crippen molar-refractivity contribution < 1.29 is 0 Å². The van der Waals surface area contributed by atoms with Gasteiger partial charge in [-0.15, -0.1) is 0 Å². The minimum absolute atomic E-state index is 0.159. The van der Waals surface area contributed by atoms with Crippen LogP contribution in [0.25, 0.3) is 10.9 Å². The third-order valence-electron chi connectivity index (χ3n) is 3.54. The summed E-state index contributed by atoms with van der Waals surface area (Å²) < 4.78 is 0. The van der Waals surface area contributed by atoms with E-state index in [1.807, 2.05) is 19.1 Å². The standard InChI is InChI=1S/C16H13ClN4OS/c1-8(19-16-20-9(2)14(7-18)23-16)12-6-10-5-11(17)3-4-13(10)21-15(12)22/h3-6,8H,1-2H3,(H,19,20)(H,21,22)/t8-/m0/s1. The highest BCUT2D eigenvalue weighted by atomic mass is 35.5. The molecule has 0 aliphatic heterocycles. The van der Waals surface area contributed by atoms with Crippen LogP contribution in [0.5, 0.6) is 0 Å². The van der Waals surface area contributed by atoms with Crippen LogP contribution in [0, 0.1) is 18.3 Å². The molecule has 116 valence electrons. The van der Waals surface area contributed by atoms with E-state index in [0.29, 0.717) is 26.3 Å². The fourth-order valence-corrected chi connectivity index (χ4v) is 3.37. The number of H-pyrrole nitrogens is 1. The van der Waals surface area contributed by atoms with Gasteiger partial charge in [-0.1, -0.05) is 22.9 Å². The highest BCUT2D eigenvalue weighted by molar-refractivity contribution is 7.16. The molecular formula is C16H13ClN4OS. The quantitative estimate of drug-likeness (QED) is 0.752. The fourth-order valence-electron chi connectivity index (χ4n) is 2.34. The number of fused-ring (bicyclic) bond motifs is 1. The van der Waals surface area contributed by atoms with E-state index in [1.165, 1.54) is 11.3 Å². The lowest BCUT2D eigenvalue weighted by molar-refractivity contribution is 0.862. The number of rotatable bonds is 3. The van der Waals surface area contributed by atoms with Crippen molar-refractivity contribution in [2.75, 3.05) is 5.32 Å². The molecule has 23 heavy (non-hydrogen) atoms. The highest BCUT2D eigenvalue weighted by Gasteiger charge is 2.14. The number of nitrogens with one attached hydrogen (secondary N) is 2. The molecule has 1 atom stereocenters. The van der Waals surface area contributed by atoms with Crippen molar-refractivity contribution in [2.24, 2.45) is 0 Å². The maximum absolute atomic E-state index is 12.3. The van der Waals surface area contributed by atoms with E-state index in [4.69, 9.17) is 16.9 Å². The molecule has 1 aromatic carbocycles. The van der Waals surface area contributed by atoms with Gasteiger partial charge in [0.25, 0.3) is 5.56 Å². The van der Waals surface area contributed by atoms with Crippen LogP contribution in [0.15, 0.2) is 29.1 Å². The van der Waals surface area contributed by atoms with Crippen molar-refractivity contribution >= 4 is 39.0 Å². The van der Waals surface area contributed by atoms with Crippen molar-refractivity contribution in [3.8, 4) is 6.07 Å². The molecular weight excluding hydrogens is 332 g/mol. The number of nitriles is 1. The number of pyridine rings is 1. The smallest absolute Gasteiger partial charge is 0.253 e. The average Bonchev–Trinajstić information content (AvgIpc) is 2.86. The van der Waals surface area contributed by atoms with Gasteiger partial charge in [0.15, 0.2) is 5.13 Å². The summed E-state index contributed by atoms with van der Waals surface area (Å²) in [6.07, 6.45) is 0. The SMILES string of the molecule is Cc1nc(N[C@@H](C)c2cc3cc(Cl)ccc3[nH]c2=O)sc1C#N. The molecule has 2 aromatic heterocycles. The zero-order valence-electron chi connectivity index (χ0n) is 12.5. The van der Waals surface area contributed by atoms with E-state index in [1.54, 1.807) is 19.1 Å². The van der Waals surface area contributed by atoms with Gasteiger partial charge in [0.2, 0.25) is 0 Å². The Labute approximate surface area is 141 Å². The maximum Gasteiger partial charge on any atom is 0.253 e. The fraction of sp³-hybridized carbons (Fsp3) is 0.188. The number of aryl methyl sites for hydroxylation is 1. The molecule has 0 spiro atoms. The van der Waals surface area contributed by atoms with Crippen LogP contribution in [0.3, 0.4) is 0 Å². The van der Waals surface area contributed by atoms with Gasteiger partial charge in [-0.3, -0.25) is 4.79 Å². The van der Waals surface area contributed by atoms with E-state index in [-0.39, 0.29) is 11.6 Å². The zero-order chi connectivity index (χ0) is 16.6. The summed E-state index contributed by atoms with van der Waals surface area (Å²) in [5.41, 5.74) is 1.86. The Hall–Kier alpha value is -2.36. The first kappa shape index (κ1) is 15.5. The number of hydrogen-bond donors (Lipinski definition) is 2. The van der Waals surface area contributed by atoms with E-state index < -0.39 is 0 Å². The van der Waals surface area contributed by atoms with Crippen LogP contribution >= 0.6 is 22.9 Å². The van der Waals surface area contributed by atoms with Gasteiger partial charge in [-0.2, -0.15) is 5.26 Å². The monoisotopic (exact) mass is 344 g/mol. The first-order valence-corrected chi connectivity index (χ1v) is 8.14. The van der Waals surface area contributed by atoms with Gasteiger partial charge < -0.3 is 10.3 Å². The van der Waals surface area contributed by atoms with Crippen LogP contribution in [-0.2, 0) is 0 Å². The van der Waals surface area contributed by atoms with E-state index >= 15 is 0 Å². The second-order valence-corrected chi connectivity index (χ2v) is 6.63. The summed E-state index contributed by atoms with van der Waals surface area (Å²) in [5.74, 6) is 0. The van der Waals surface area contributed by atoms with Crippen molar-refractivity contribution in [3.63, 3.8) is 0 Å². The molecule has 0 radical (unpaired) electrons. The molecule has 7 heteroatoms. The molecule has 0 saturated heterocycles. The molecule has 2 N–H and O–H groups in total. The average molecular weight is 345 g/mol. The van der Waals surface area contributed by atoms with Crippen LogP contribution in [-0.4, -0.2) is 9.97 Å². The summed E-state index contributed by atoms with van der Waals surface area (Å²) in [6.45, 7) is 3.67. The normalized spacial score (nSPS) is 12.1. The Morgan fingerprint density at radius 2 is 2.22 bits per heavy atom. The Kier molecular flexibility index (Phi) is 4.07. The summed E-state index contributed by atoms with van der Waals surface area (Å²) >= 11 is 7.29. The first-order chi connectivity index (χ1) is 11.0. The molecule has 0 saturated carbocycles. The molecule has 3 rings (SSSR count). The number of aromatic amines is 1. The van der Waals surface area contributed by atoms with Crippen molar-refractivity contribution in [1.82, 2.24) is 9.97 Å². The van der Waals surface area contributed by atoms with E-state index in [0.717, 1.165) is 10.9 Å². The minimum atomic E-state index is -0.251. The van der Waals surface area contributed by atoms with Gasteiger partial charge in [-0.25, -0.2) is 4.98 Å². The highest BCUT2D eigenvalue weighted by Crippen LogP contribution is 2.26. The van der Waals surface area contributed by atoms with Crippen molar-refractivity contribution in [1.29, 1.82) is 5.26 Å². The lowest BCUT2D eigenvalue weighted by Crippen LogP contribution is -2.19. The number of halogens is 1. The number of thiazole rings is 1.